The highest BCUT2D eigenvalue weighted by Gasteiger charge is 2.39. The van der Waals surface area contributed by atoms with Crippen LogP contribution < -0.4 is 15.4 Å². The molecule has 0 radical (unpaired) electrons. The van der Waals surface area contributed by atoms with Crippen molar-refractivity contribution in [2.45, 2.75) is 26.2 Å². The molecule has 1 aliphatic heterocycles. The van der Waals surface area contributed by atoms with Gasteiger partial charge in [0.15, 0.2) is 0 Å². The van der Waals surface area contributed by atoms with Gasteiger partial charge in [0.2, 0.25) is 5.91 Å². The third kappa shape index (κ3) is 5.10. The largest absolute Gasteiger partial charge is 0.496 e. The molecule has 0 aliphatic carbocycles. The maximum atomic E-state index is 12.6. The molecule has 5 nitrogen and oxygen atoms in total. The van der Waals surface area contributed by atoms with Crippen molar-refractivity contribution in [3.8, 4) is 5.75 Å². The molecule has 1 heterocycles. The van der Waals surface area contributed by atoms with Crippen LogP contribution in [0.4, 0.5) is 0 Å². The molecule has 6 heteroatoms. The Balaban J connectivity index is 0.00000288. The zero-order valence-corrected chi connectivity index (χ0v) is 15.6. The number of carbonyl (C=O) groups is 1. The Morgan fingerprint density at radius 1 is 1.29 bits per heavy atom. The van der Waals surface area contributed by atoms with E-state index in [1.54, 1.807) is 14.2 Å². The Morgan fingerprint density at radius 3 is 2.62 bits per heavy atom. The first-order valence-electron chi connectivity index (χ1n) is 8.23. The molecule has 1 saturated heterocycles. The molecule has 136 valence electrons. The van der Waals surface area contributed by atoms with Gasteiger partial charge >= 0.3 is 0 Å². The molecule has 0 atom stereocenters. The van der Waals surface area contributed by atoms with Gasteiger partial charge in [0.1, 0.15) is 5.75 Å². The molecule has 0 aromatic heterocycles. The van der Waals surface area contributed by atoms with Crippen molar-refractivity contribution in [1.82, 2.24) is 10.6 Å². The molecular formula is C18H29ClN2O3. The van der Waals surface area contributed by atoms with Gasteiger partial charge in [0.25, 0.3) is 0 Å². The number of halogens is 1. The molecule has 0 spiro atoms. The van der Waals surface area contributed by atoms with E-state index in [4.69, 9.17) is 9.47 Å². The van der Waals surface area contributed by atoms with Crippen molar-refractivity contribution in [3.63, 3.8) is 0 Å². The van der Waals surface area contributed by atoms with Gasteiger partial charge < -0.3 is 20.1 Å². The normalized spacial score (nSPS) is 16.1. The number of aryl methyl sites for hydroxylation is 1. The maximum Gasteiger partial charge on any atom is 0.228 e. The number of hydrogen-bond acceptors (Lipinski definition) is 4. The van der Waals surface area contributed by atoms with Crippen molar-refractivity contribution in [3.05, 3.63) is 29.3 Å². The summed E-state index contributed by atoms with van der Waals surface area (Å²) in [6, 6.07) is 6.17. The minimum absolute atomic E-state index is 0. The molecule has 0 bridgehead atoms. The number of amides is 1. The zero-order valence-electron chi connectivity index (χ0n) is 14.8. The van der Waals surface area contributed by atoms with E-state index < -0.39 is 0 Å². The zero-order chi connectivity index (χ0) is 16.7. The summed E-state index contributed by atoms with van der Waals surface area (Å²) in [4.78, 5) is 12.6. The summed E-state index contributed by atoms with van der Waals surface area (Å²) in [5.74, 6) is 1.00. The van der Waals surface area contributed by atoms with Crippen molar-refractivity contribution in [2.75, 3.05) is 40.5 Å². The Labute approximate surface area is 150 Å². The fraction of sp³-hybridized carbons (Fsp3) is 0.611. The first kappa shape index (κ1) is 20.7. The standard InChI is InChI=1S/C18H28N2O3.ClH/c1-14-4-5-15(12-16(14)23-3)6-9-20-17(21)18(13-22-2)7-10-19-11-8-18;/h4-5,12,19H,6-11,13H2,1-3H3,(H,20,21);1H. The topological polar surface area (TPSA) is 59.6 Å². The lowest BCUT2D eigenvalue weighted by Gasteiger charge is -2.35. The highest BCUT2D eigenvalue weighted by molar-refractivity contribution is 5.85. The SMILES string of the molecule is COCC1(C(=O)NCCc2ccc(C)c(OC)c2)CCNCC1.Cl. The second kappa shape index (κ2) is 9.87. The number of piperidine rings is 1. The summed E-state index contributed by atoms with van der Waals surface area (Å²) in [5.41, 5.74) is 1.90. The van der Waals surface area contributed by atoms with E-state index in [-0.39, 0.29) is 23.7 Å². The average Bonchev–Trinajstić information content (AvgIpc) is 2.57. The summed E-state index contributed by atoms with van der Waals surface area (Å²) in [6.07, 6.45) is 2.44. The summed E-state index contributed by atoms with van der Waals surface area (Å²) in [7, 11) is 3.34. The summed E-state index contributed by atoms with van der Waals surface area (Å²) >= 11 is 0. The highest BCUT2D eigenvalue weighted by Crippen LogP contribution is 2.29. The Bertz CT molecular complexity index is 525. The van der Waals surface area contributed by atoms with Crippen molar-refractivity contribution in [1.29, 1.82) is 0 Å². The maximum absolute atomic E-state index is 12.6. The number of carbonyl (C=O) groups excluding carboxylic acids is 1. The lowest BCUT2D eigenvalue weighted by molar-refractivity contribution is -0.136. The molecule has 0 unspecified atom stereocenters. The fourth-order valence-electron chi connectivity index (χ4n) is 3.15. The van der Waals surface area contributed by atoms with Crippen LogP contribution in [0.25, 0.3) is 0 Å². The number of rotatable bonds is 7. The molecule has 2 rings (SSSR count). The summed E-state index contributed by atoms with van der Waals surface area (Å²) in [6.45, 7) is 4.87. The molecule has 1 aromatic carbocycles. The minimum atomic E-state index is -0.384. The van der Waals surface area contributed by atoms with E-state index in [0.717, 1.165) is 43.7 Å². The Hall–Kier alpha value is -1.30. The third-order valence-corrected chi connectivity index (χ3v) is 4.63. The molecule has 0 saturated carbocycles. The second-order valence-corrected chi connectivity index (χ2v) is 6.27. The monoisotopic (exact) mass is 356 g/mol. The third-order valence-electron chi connectivity index (χ3n) is 4.63. The first-order valence-corrected chi connectivity index (χ1v) is 8.23. The van der Waals surface area contributed by atoms with Gasteiger partial charge in [-0.15, -0.1) is 12.4 Å². The number of benzene rings is 1. The van der Waals surface area contributed by atoms with Crippen molar-refractivity contribution < 1.29 is 14.3 Å². The van der Waals surface area contributed by atoms with Crippen LogP contribution in [0.1, 0.15) is 24.0 Å². The van der Waals surface area contributed by atoms with Crippen molar-refractivity contribution in [2.24, 2.45) is 5.41 Å². The van der Waals surface area contributed by atoms with E-state index in [1.807, 2.05) is 13.0 Å². The van der Waals surface area contributed by atoms with Crippen LogP contribution in [0.3, 0.4) is 0 Å². The average molecular weight is 357 g/mol. The van der Waals surface area contributed by atoms with E-state index >= 15 is 0 Å². The van der Waals surface area contributed by atoms with Gasteiger partial charge in [0, 0.05) is 13.7 Å². The fourth-order valence-corrected chi connectivity index (χ4v) is 3.15. The minimum Gasteiger partial charge on any atom is -0.496 e. The van der Waals surface area contributed by atoms with Crippen molar-refractivity contribution >= 4 is 18.3 Å². The number of ether oxygens (including phenoxy) is 2. The number of nitrogens with one attached hydrogen (secondary N) is 2. The lowest BCUT2D eigenvalue weighted by Crippen LogP contribution is -2.50. The van der Waals surface area contributed by atoms with Gasteiger partial charge in [0.05, 0.1) is 19.1 Å². The van der Waals surface area contributed by atoms with Crippen LogP contribution in [0.15, 0.2) is 18.2 Å². The quantitative estimate of drug-likeness (QED) is 0.785. The van der Waals surface area contributed by atoms with Crippen LogP contribution in [0, 0.1) is 12.3 Å². The first-order chi connectivity index (χ1) is 11.1. The van der Waals surface area contributed by atoms with Gasteiger partial charge in [-0.3, -0.25) is 4.79 Å². The van der Waals surface area contributed by atoms with Crippen LogP contribution >= 0.6 is 12.4 Å². The van der Waals surface area contributed by atoms with E-state index in [9.17, 15) is 4.79 Å². The van der Waals surface area contributed by atoms with Crippen LogP contribution in [-0.2, 0) is 16.0 Å². The molecule has 1 fully saturated rings. The summed E-state index contributed by atoms with van der Waals surface area (Å²) in [5, 5.41) is 6.39. The second-order valence-electron chi connectivity index (χ2n) is 6.27. The molecule has 1 aromatic rings. The Morgan fingerprint density at radius 2 is 2.00 bits per heavy atom. The van der Waals surface area contributed by atoms with Gasteiger partial charge in [-0.25, -0.2) is 0 Å². The van der Waals surface area contributed by atoms with Gasteiger partial charge in [-0.05, 0) is 56.5 Å². The van der Waals surface area contributed by atoms with Crippen LogP contribution in [0.2, 0.25) is 0 Å². The van der Waals surface area contributed by atoms with Gasteiger partial charge in [-0.2, -0.15) is 0 Å². The highest BCUT2D eigenvalue weighted by atomic mass is 35.5. The van der Waals surface area contributed by atoms with E-state index in [2.05, 4.69) is 22.8 Å². The smallest absolute Gasteiger partial charge is 0.228 e. The summed E-state index contributed by atoms with van der Waals surface area (Å²) < 4.78 is 10.7. The number of methoxy groups -OCH3 is 2. The predicted molar refractivity (Wildman–Crippen MR) is 98.1 cm³/mol. The van der Waals surface area contributed by atoms with Crippen LogP contribution in [-0.4, -0.2) is 46.4 Å². The molecular weight excluding hydrogens is 328 g/mol. The molecule has 2 N–H and O–H groups in total. The van der Waals surface area contributed by atoms with Crippen LogP contribution in [0.5, 0.6) is 5.75 Å². The van der Waals surface area contributed by atoms with E-state index in [0.29, 0.717) is 13.2 Å². The molecule has 1 amide bonds. The Kier molecular flexibility index (Phi) is 8.53. The number of hydrogen-bond donors (Lipinski definition) is 2. The van der Waals surface area contributed by atoms with E-state index in [1.165, 1.54) is 5.56 Å². The lowest BCUT2D eigenvalue weighted by atomic mass is 9.78. The van der Waals surface area contributed by atoms with Gasteiger partial charge in [-0.1, -0.05) is 12.1 Å². The molecule has 1 aliphatic rings. The molecule has 24 heavy (non-hydrogen) atoms. The predicted octanol–water partition coefficient (Wildman–Crippen LogP) is 2.10.